The molecule has 1 aliphatic rings. The molecule has 1 aromatic carbocycles. The van der Waals surface area contributed by atoms with Gasteiger partial charge in [0, 0.05) is 0 Å². The van der Waals surface area contributed by atoms with Crippen molar-refractivity contribution in [3.05, 3.63) is 29.8 Å². The van der Waals surface area contributed by atoms with Crippen molar-refractivity contribution in [3.63, 3.8) is 0 Å². The van der Waals surface area contributed by atoms with E-state index in [1.54, 1.807) is 0 Å². The van der Waals surface area contributed by atoms with Crippen LogP contribution in [0, 0.1) is 0 Å². The zero-order valence-electron chi connectivity index (χ0n) is 11.0. The minimum Gasteiger partial charge on any atom is -0.464 e. The van der Waals surface area contributed by atoms with E-state index in [-0.39, 0.29) is 21.6 Å². The molecule has 1 atom stereocenters. The Kier molecular flexibility index (Phi) is 3.95. The number of hydrogen-bond donors (Lipinski definition) is 1. The SMILES string of the molecule is CCS(=O)(=O)c1ccc(C2COS(=O)(=O)N2C(=O)O)cc1. The molecule has 1 heterocycles. The van der Waals surface area contributed by atoms with Gasteiger partial charge in [-0.2, -0.15) is 12.7 Å². The molecular weight excluding hydrogens is 322 g/mol. The molecule has 0 bridgehead atoms. The highest BCUT2D eigenvalue weighted by atomic mass is 32.2. The molecule has 0 radical (unpaired) electrons. The van der Waals surface area contributed by atoms with Gasteiger partial charge in [0.05, 0.1) is 17.3 Å². The highest BCUT2D eigenvalue weighted by molar-refractivity contribution is 7.91. The standard InChI is InChI=1S/C11H13NO7S2/c1-2-20(15,16)9-5-3-8(4-6-9)10-7-19-21(17,18)12(10)11(13)14/h3-6,10H,2,7H2,1H3,(H,13,14). The molecule has 116 valence electrons. The predicted octanol–water partition coefficient (Wildman–Crippen LogP) is 0.776. The summed E-state index contributed by atoms with van der Waals surface area (Å²) in [6.45, 7) is 1.17. The van der Waals surface area contributed by atoms with E-state index in [9.17, 15) is 21.6 Å². The molecule has 8 nitrogen and oxygen atoms in total. The van der Waals surface area contributed by atoms with Gasteiger partial charge in [0.1, 0.15) is 6.04 Å². The van der Waals surface area contributed by atoms with Gasteiger partial charge in [0.25, 0.3) is 0 Å². The van der Waals surface area contributed by atoms with Gasteiger partial charge in [-0.15, -0.1) is 0 Å². The lowest BCUT2D eigenvalue weighted by Crippen LogP contribution is -2.33. The molecule has 0 saturated carbocycles. The van der Waals surface area contributed by atoms with Crippen LogP contribution < -0.4 is 0 Å². The molecule has 1 aromatic rings. The number of rotatable bonds is 3. The molecule has 1 fully saturated rings. The number of benzene rings is 1. The zero-order chi connectivity index (χ0) is 15.8. The Hall–Kier alpha value is -1.65. The molecule has 0 aromatic heterocycles. The summed E-state index contributed by atoms with van der Waals surface area (Å²) in [5.74, 6) is -0.0610. The largest absolute Gasteiger partial charge is 0.464 e. The maximum Gasteiger partial charge on any atom is 0.423 e. The Labute approximate surface area is 122 Å². The average Bonchev–Trinajstić information content (AvgIpc) is 2.74. The minimum absolute atomic E-state index is 0.0610. The van der Waals surface area contributed by atoms with Crippen LogP contribution in [0.2, 0.25) is 0 Å². The first kappa shape index (κ1) is 15.7. The summed E-state index contributed by atoms with van der Waals surface area (Å²) in [4.78, 5) is 11.1. The third-order valence-electron chi connectivity index (χ3n) is 3.09. The van der Waals surface area contributed by atoms with E-state index in [1.807, 2.05) is 0 Å². The third-order valence-corrected chi connectivity index (χ3v) is 6.17. The Balaban J connectivity index is 2.38. The second-order valence-electron chi connectivity index (χ2n) is 4.31. The zero-order valence-corrected chi connectivity index (χ0v) is 12.6. The van der Waals surface area contributed by atoms with Crippen molar-refractivity contribution in [2.24, 2.45) is 0 Å². The molecule has 1 saturated heterocycles. The summed E-state index contributed by atoms with van der Waals surface area (Å²) < 4.78 is 51.1. The average molecular weight is 335 g/mol. The molecule has 0 spiro atoms. The van der Waals surface area contributed by atoms with Gasteiger partial charge in [-0.3, -0.25) is 4.18 Å². The van der Waals surface area contributed by atoms with Crippen LogP contribution >= 0.6 is 0 Å². The molecule has 1 N–H and O–H groups in total. The summed E-state index contributed by atoms with van der Waals surface area (Å²) in [5, 5.41) is 8.97. The van der Waals surface area contributed by atoms with Gasteiger partial charge in [0.2, 0.25) is 0 Å². The van der Waals surface area contributed by atoms with Gasteiger partial charge in [-0.1, -0.05) is 19.1 Å². The van der Waals surface area contributed by atoms with Gasteiger partial charge in [-0.25, -0.2) is 13.2 Å². The number of sulfone groups is 1. The molecule has 1 aliphatic heterocycles. The molecule has 1 unspecified atom stereocenters. The Bertz CT molecular complexity index is 752. The highest BCUT2D eigenvalue weighted by Gasteiger charge is 2.43. The van der Waals surface area contributed by atoms with Crippen molar-refractivity contribution < 1.29 is 30.9 Å². The van der Waals surface area contributed by atoms with Crippen LogP contribution in [0.15, 0.2) is 29.2 Å². The summed E-state index contributed by atoms with van der Waals surface area (Å²) in [5.41, 5.74) is 0.341. The second kappa shape index (κ2) is 5.28. The van der Waals surface area contributed by atoms with E-state index in [1.165, 1.54) is 31.2 Å². The molecule has 2 rings (SSSR count). The van der Waals surface area contributed by atoms with E-state index in [4.69, 9.17) is 5.11 Å². The number of carboxylic acid groups (broad SMARTS) is 1. The van der Waals surface area contributed by atoms with Crippen molar-refractivity contribution in [2.75, 3.05) is 12.4 Å². The van der Waals surface area contributed by atoms with E-state index >= 15 is 0 Å². The van der Waals surface area contributed by atoms with Crippen molar-refractivity contribution in [2.45, 2.75) is 17.9 Å². The van der Waals surface area contributed by atoms with E-state index in [0.29, 0.717) is 5.56 Å². The normalized spacial score (nSPS) is 21.4. The van der Waals surface area contributed by atoms with Crippen LogP contribution in [-0.2, 0) is 24.3 Å². The number of amides is 1. The van der Waals surface area contributed by atoms with Crippen LogP contribution in [0.25, 0.3) is 0 Å². The van der Waals surface area contributed by atoms with Crippen molar-refractivity contribution in [1.82, 2.24) is 4.31 Å². The van der Waals surface area contributed by atoms with Gasteiger partial charge >= 0.3 is 16.4 Å². The summed E-state index contributed by atoms with van der Waals surface area (Å²) in [6.07, 6.45) is -1.65. The quantitative estimate of drug-likeness (QED) is 0.867. The molecule has 21 heavy (non-hydrogen) atoms. The lowest BCUT2D eigenvalue weighted by atomic mass is 10.1. The van der Waals surface area contributed by atoms with E-state index in [2.05, 4.69) is 4.18 Å². The fourth-order valence-electron chi connectivity index (χ4n) is 1.96. The van der Waals surface area contributed by atoms with E-state index in [0.717, 1.165) is 0 Å². The third kappa shape index (κ3) is 2.87. The van der Waals surface area contributed by atoms with Gasteiger partial charge in [-0.05, 0) is 17.7 Å². The van der Waals surface area contributed by atoms with Crippen LogP contribution in [0.5, 0.6) is 0 Å². The lowest BCUT2D eigenvalue weighted by Gasteiger charge is -2.17. The lowest BCUT2D eigenvalue weighted by molar-refractivity contribution is 0.164. The molecule has 1 amide bonds. The Morgan fingerprint density at radius 3 is 2.43 bits per heavy atom. The molecule has 0 aliphatic carbocycles. The molecule has 10 heteroatoms. The Morgan fingerprint density at radius 2 is 1.95 bits per heavy atom. The number of nitrogens with zero attached hydrogens (tertiary/aromatic N) is 1. The first-order chi connectivity index (χ1) is 9.69. The number of hydrogen-bond acceptors (Lipinski definition) is 6. The molecular formula is C11H13NO7S2. The first-order valence-corrected chi connectivity index (χ1v) is 8.95. The van der Waals surface area contributed by atoms with Crippen LogP contribution in [-0.4, -0.2) is 44.7 Å². The van der Waals surface area contributed by atoms with Gasteiger partial charge < -0.3 is 5.11 Å². The smallest absolute Gasteiger partial charge is 0.423 e. The summed E-state index contributed by atoms with van der Waals surface area (Å²) >= 11 is 0. The maximum atomic E-state index is 11.7. The fraction of sp³-hybridized carbons (Fsp3) is 0.364. The number of carbonyl (C=O) groups is 1. The Morgan fingerprint density at radius 1 is 1.38 bits per heavy atom. The van der Waals surface area contributed by atoms with Gasteiger partial charge in [0.15, 0.2) is 9.84 Å². The van der Waals surface area contributed by atoms with Crippen molar-refractivity contribution in [1.29, 1.82) is 0 Å². The fourth-order valence-corrected chi connectivity index (χ4v) is 3.94. The highest BCUT2D eigenvalue weighted by Crippen LogP contribution is 2.32. The van der Waals surface area contributed by atoms with Crippen LogP contribution in [0.1, 0.15) is 18.5 Å². The second-order valence-corrected chi connectivity index (χ2v) is 8.07. The van der Waals surface area contributed by atoms with Crippen LogP contribution in [0.4, 0.5) is 4.79 Å². The first-order valence-electron chi connectivity index (χ1n) is 5.93. The topological polar surface area (TPSA) is 118 Å². The van der Waals surface area contributed by atoms with Crippen molar-refractivity contribution in [3.8, 4) is 0 Å². The summed E-state index contributed by atoms with van der Waals surface area (Å²) in [7, 11) is -7.68. The van der Waals surface area contributed by atoms with Crippen molar-refractivity contribution >= 4 is 26.2 Å². The maximum absolute atomic E-state index is 11.7. The van der Waals surface area contributed by atoms with E-state index < -0.39 is 32.3 Å². The monoisotopic (exact) mass is 335 g/mol. The predicted molar refractivity (Wildman–Crippen MR) is 71.6 cm³/mol. The minimum atomic E-state index is -4.31. The summed E-state index contributed by atoms with van der Waals surface area (Å²) in [6, 6.07) is 4.38. The van der Waals surface area contributed by atoms with Crippen LogP contribution in [0.3, 0.4) is 0 Å².